The predicted octanol–water partition coefficient (Wildman–Crippen LogP) is 1.82. The van der Waals surface area contributed by atoms with Crippen molar-refractivity contribution in [2.45, 2.75) is 20.4 Å². The summed E-state index contributed by atoms with van der Waals surface area (Å²) in [5.74, 6) is 0.0591. The molecule has 5 heteroatoms. The Kier molecular flexibility index (Phi) is 5.74. The third-order valence-corrected chi connectivity index (χ3v) is 3.13. The van der Waals surface area contributed by atoms with E-state index in [0.717, 1.165) is 28.0 Å². The molecule has 0 aliphatic carbocycles. The highest BCUT2D eigenvalue weighted by molar-refractivity contribution is 8.06. The fraction of sp³-hybridized carbons (Fsp3) is 0.308. The topological polar surface area (TPSA) is 81.1 Å². The molecule has 0 saturated heterocycles. The summed E-state index contributed by atoms with van der Waals surface area (Å²) < 4.78 is 0. The van der Waals surface area contributed by atoms with Crippen molar-refractivity contribution in [1.29, 1.82) is 0 Å². The number of nitrogens with two attached hydrogens (primary N) is 2. The summed E-state index contributed by atoms with van der Waals surface area (Å²) in [6.07, 6.45) is 1.49. The lowest BCUT2D eigenvalue weighted by Gasteiger charge is -2.08. The Labute approximate surface area is 112 Å². The first kappa shape index (κ1) is 14.6. The van der Waals surface area contributed by atoms with Gasteiger partial charge in [-0.2, -0.15) is 0 Å². The molecule has 0 bridgehead atoms. The molecule has 98 valence electrons. The molecule has 0 fully saturated rings. The molecular weight excluding hydrogens is 246 g/mol. The van der Waals surface area contributed by atoms with E-state index in [1.807, 2.05) is 38.1 Å². The molecular formula is C13H19N3OS. The van der Waals surface area contributed by atoms with Gasteiger partial charge in [-0.25, -0.2) is 0 Å². The van der Waals surface area contributed by atoms with Crippen LogP contribution in [-0.4, -0.2) is 5.91 Å². The Morgan fingerprint density at radius 2 is 2.00 bits per heavy atom. The van der Waals surface area contributed by atoms with E-state index in [2.05, 4.69) is 5.32 Å². The summed E-state index contributed by atoms with van der Waals surface area (Å²) in [7, 11) is 0. The molecule has 1 rings (SSSR count). The van der Waals surface area contributed by atoms with Crippen molar-refractivity contribution in [3.8, 4) is 0 Å². The van der Waals surface area contributed by atoms with E-state index in [1.165, 1.54) is 6.20 Å². The number of nitrogens with one attached hydrogen (secondary N) is 1. The Hall–Kier alpha value is -1.46. The average molecular weight is 265 g/mol. The lowest BCUT2D eigenvalue weighted by atomic mass is 10.1. The van der Waals surface area contributed by atoms with E-state index >= 15 is 0 Å². The second kappa shape index (κ2) is 7.08. The van der Waals surface area contributed by atoms with Crippen LogP contribution in [0.1, 0.15) is 25.0 Å². The second-order valence-electron chi connectivity index (χ2n) is 4.22. The minimum atomic E-state index is 0.00434. The molecule has 5 N–H and O–H groups in total. The molecule has 1 aromatic carbocycles. The first-order chi connectivity index (χ1) is 8.58. The van der Waals surface area contributed by atoms with Gasteiger partial charge in [0.25, 0.3) is 0 Å². The van der Waals surface area contributed by atoms with Gasteiger partial charge < -0.3 is 11.1 Å². The SMILES string of the molecule is CC(C)C(=O)NCc1ccc(/C(=C/N)SN)cc1. The van der Waals surface area contributed by atoms with E-state index < -0.39 is 0 Å². The zero-order chi connectivity index (χ0) is 13.5. The van der Waals surface area contributed by atoms with Gasteiger partial charge in [0.15, 0.2) is 0 Å². The third-order valence-electron chi connectivity index (χ3n) is 2.51. The van der Waals surface area contributed by atoms with E-state index in [4.69, 9.17) is 10.9 Å². The maximum atomic E-state index is 11.4. The molecule has 0 unspecified atom stereocenters. The maximum Gasteiger partial charge on any atom is 0.222 e. The van der Waals surface area contributed by atoms with E-state index in [1.54, 1.807) is 0 Å². The molecule has 0 spiro atoms. The standard InChI is InChI=1S/C13H19N3OS/c1-9(2)13(17)16-8-10-3-5-11(6-4-10)12(7-14)18-15/h3-7,9H,8,14-15H2,1-2H3,(H,16,17)/b12-7-. The number of amides is 1. The first-order valence-corrected chi connectivity index (χ1v) is 6.62. The highest BCUT2D eigenvalue weighted by Gasteiger charge is 2.06. The molecule has 4 nitrogen and oxygen atoms in total. The van der Waals surface area contributed by atoms with Crippen molar-refractivity contribution >= 4 is 22.8 Å². The Bertz CT molecular complexity index is 426. The van der Waals surface area contributed by atoms with E-state index in [9.17, 15) is 4.79 Å². The van der Waals surface area contributed by atoms with Crippen molar-refractivity contribution in [3.63, 3.8) is 0 Å². The number of hydrogen-bond donors (Lipinski definition) is 3. The van der Waals surface area contributed by atoms with Crippen LogP contribution in [0.4, 0.5) is 0 Å². The minimum absolute atomic E-state index is 0.00434. The van der Waals surface area contributed by atoms with Crippen LogP contribution in [0.15, 0.2) is 30.5 Å². The normalized spacial score (nSPS) is 11.7. The number of benzene rings is 1. The summed E-state index contributed by atoms with van der Waals surface area (Å²) in [5, 5.41) is 8.36. The van der Waals surface area contributed by atoms with Gasteiger partial charge in [-0.1, -0.05) is 38.1 Å². The lowest BCUT2D eigenvalue weighted by molar-refractivity contribution is -0.124. The van der Waals surface area contributed by atoms with Crippen LogP contribution in [0.3, 0.4) is 0 Å². The fourth-order valence-electron chi connectivity index (χ4n) is 1.38. The van der Waals surface area contributed by atoms with Gasteiger partial charge >= 0.3 is 0 Å². The van der Waals surface area contributed by atoms with Gasteiger partial charge in [-0.3, -0.25) is 9.93 Å². The predicted molar refractivity (Wildman–Crippen MR) is 77.1 cm³/mol. The van der Waals surface area contributed by atoms with Gasteiger partial charge in [-0.15, -0.1) is 0 Å². The molecule has 0 aromatic heterocycles. The monoisotopic (exact) mass is 265 g/mol. The third kappa shape index (κ3) is 4.09. The number of carbonyl (C=O) groups excluding carboxylic acids is 1. The molecule has 0 heterocycles. The van der Waals surface area contributed by atoms with Crippen LogP contribution in [0.2, 0.25) is 0 Å². The van der Waals surface area contributed by atoms with Gasteiger partial charge in [0, 0.05) is 23.6 Å². The van der Waals surface area contributed by atoms with Crippen molar-refractivity contribution in [2.75, 3.05) is 0 Å². The molecule has 0 aliphatic rings. The molecule has 1 amide bonds. The van der Waals surface area contributed by atoms with E-state index in [-0.39, 0.29) is 11.8 Å². The summed E-state index contributed by atoms with van der Waals surface area (Å²) >= 11 is 1.12. The van der Waals surface area contributed by atoms with Crippen molar-refractivity contribution in [2.24, 2.45) is 16.8 Å². The smallest absolute Gasteiger partial charge is 0.222 e. The minimum Gasteiger partial charge on any atom is -0.404 e. The van der Waals surface area contributed by atoms with Gasteiger partial charge in [0.05, 0.1) is 0 Å². The highest BCUT2D eigenvalue weighted by atomic mass is 32.2. The fourth-order valence-corrected chi connectivity index (χ4v) is 1.73. The summed E-state index contributed by atoms with van der Waals surface area (Å²) in [5.41, 5.74) is 7.49. The molecule has 18 heavy (non-hydrogen) atoms. The summed E-state index contributed by atoms with van der Waals surface area (Å²) in [6, 6.07) is 7.79. The van der Waals surface area contributed by atoms with Crippen LogP contribution < -0.4 is 16.2 Å². The number of carbonyl (C=O) groups is 1. The summed E-state index contributed by atoms with van der Waals surface area (Å²) in [4.78, 5) is 12.3. The largest absolute Gasteiger partial charge is 0.404 e. The Balaban J connectivity index is 2.64. The summed E-state index contributed by atoms with van der Waals surface area (Å²) in [6.45, 7) is 4.28. The number of rotatable bonds is 5. The molecule has 1 aromatic rings. The quantitative estimate of drug-likeness (QED) is 0.709. The lowest BCUT2D eigenvalue weighted by Crippen LogP contribution is -2.27. The Morgan fingerprint density at radius 1 is 1.39 bits per heavy atom. The van der Waals surface area contributed by atoms with Crippen molar-refractivity contribution in [1.82, 2.24) is 5.32 Å². The average Bonchev–Trinajstić information content (AvgIpc) is 2.38. The first-order valence-electron chi connectivity index (χ1n) is 5.74. The molecule has 0 radical (unpaired) electrons. The van der Waals surface area contributed by atoms with Gasteiger partial charge in [0.1, 0.15) is 0 Å². The van der Waals surface area contributed by atoms with Crippen LogP contribution in [0, 0.1) is 5.92 Å². The van der Waals surface area contributed by atoms with Gasteiger partial charge in [-0.05, 0) is 23.1 Å². The maximum absolute atomic E-state index is 11.4. The van der Waals surface area contributed by atoms with Crippen LogP contribution >= 0.6 is 11.9 Å². The van der Waals surface area contributed by atoms with E-state index in [0.29, 0.717) is 6.54 Å². The zero-order valence-corrected chi connectivity index (χ0v) is 11.5. The highest BCUT2D eigenvalue weighted by Crippen LogP contribution is 2.21. The van der Waals surface area contributed by atoms with Gasteiger partial charge in [0.2, 0.25) is 5.91 Å². The van der Waals surface area contributed by atoms with Crippen LogP contribution in [0.25, 0.3) is 4.91 Å². The van der Waals surface area contributed by atoms with Crippen LogP contribution in [0.5, 0.6) is 0 Å². The zero-order valence-electron chi connectivity index (χ0n) is 10.6. The number of hydrogen-bond acceptors (Lipinski definition) is 4. The van der Waals surface area contributed by atoms with Crippen molar-refractivity contribution < 1.29 is 4.79 Å². The molecule has 0 aliphatic heterocycles. The van der Waals surface area contributed by atoms with Crippen LogP contribution in [-0.2, 0) is 11.3 Å². The molecule has 0 atom stereocenters. The van der Waals surface area contributed by atoms with Crippen molar-refractivity contribution in [3.05, 3.63) is 41.6 Å². The Morgan fingerprint density at radius 3 is 2.44 bits per heavy atom. The molecule has 0 saturated carbocycles. The second-order valence-corrected chi connectivity index (χ2v) is 4.89.